The van der Waals surface area contributed by atoms with Crippen molar-refractivity contribution in [3.05, 3.63) is 29.3 Å². The lowest BCUT2D eigenvalue weighted by molar-refractivity contribution is -0.136. The van der Waals surface area contributed by atoms with Crippen LogP contribution in [0.1, 0.15) is 15.9 Å². The quantitative estimate of drug-likeness (QED) is 0.472. The lowest BCUT2D eigenvalue weighted by Crippen LogP contribution is -2.30. The van der Waals surface area contributed by atoms with Crippen LogP contribution in [0, 0.1) is 0 Å². The molecule has 0 amide bonds. The fourth-order valence-corrected chi connectivity index (χ4v) is 1.29. The van der Waals surface area contributed by atoms with Gasteiger partial charge in [0.1, 0.15) is 0 Å². The summed E-state index contributed by atoms with van der Waals surface area (Å²) in [5.41, 5.74) is -0.0707. The fraction of sp³-hybridized carbons (Fsp3) is 0.111. The zero-order valence-corrected chi connectivity index (χ0v) is 8.12. The molecule has 0 aromatic heterocycles. The van der Waals surface area contributed by atoms with Gasteiger partial charge in [0.25, 0.3) is 0 Å². The van der Waals surface area contributed by atoms with E-state index in [1.54, 1.807) is 0 Å². The number of aliphatic carboxylic acids is 1. The first kappa shape index (κ1) is 12.2. The van der Waals surface area contributed by atoms with Crippen molar-refractivity contribution in [3.8, 4) is 0 Å². The third-order valence-electron chi connectivity index (χ3n) is 2.00. The molecular formula is C9H9BO6. The van der Waals surface area contributed by atoms with Gasteiger partial charge in [-0.2, -0.15) is 0 Å². The molecule has 16 heavy (non-hydrogen) atoms. The minimum atomic E-state index is -1.75. The molecule has 1 aromatic carbocycles. The van der Waals surface area contributed by atoms with E-state index in [0.717, 1.165) is 12.1 Å². The minimum absolute atomic E-state index is 0.0330. The molecule has 0 fully saturated rings. The summed E-state index contributed by atoms with van der Waals surface area (Å²) in [5.74, 6) is -2.44. The predicted molar refractivity (Wildman–Crippen MR) is 54.6 cm³/mol. The summed E-state index contributed by atoms with van der Waals surface area (Å²) in [6, 6.07) is 3.52. The largest absolute Gasteiger partial charge is 0.488 e. The first-order valence-electron chi connectivity index (χ1n) is 4.36. The summed E-state index contributed by atoms with van der Waals surface area (Å²) in [6.45, 7) is 0. The number of carboxylic acids is 2. The Morgan fingerprint density at radius 2 is 1.81 bits per heavy atom. The first-order valence-corrected chi connectivity index (χ1v) is 4.36. The Morgan fingerprint density at radius 1 is 1.19 bits per heavy atom. The highest BCUT2D eigenvalue weighted by Gasteiger charge is 2.17. The molecule has 0 aliphatic carbocycles. The average Bonchev–Trinajstić information content (AvgIpc) is 2.15. The van der Waals surface area contributed by atoms with Gasteiger partial charge in [0.2, 0.25) is 0 Å². The molecule has 7 heteroatoms. The molecule has 4 N–H and O–H groups in total. The van der Waals surface area contributed by atoms with Gasteiger partial charge in [0.15, 0.2) is 0 Å². The van der Waals surface area contributed by atoms with Gasteiger partial charge in [-0.25, -0.2) is 4.79 Å². The molecule has 84 valence electrons. The standard InChI is InChI=1S/C9H9BO6/c11-8(12)4-5-3-6(10(15)16)1-2-7(5)9(13)14/h1-3,15-16H,4H2,(H,11,12)(H,13,14). The number of carboxylic acid groups (broad SMARTS) is 2. The van der Waals surface area contributed by atoms with Gasteiger partial charge in [0, 0.05) is 0 Å². The molecule has 0 aliphatic rings. The van der Waals surface area contributed by atoms with E-state index in [1.165, 1.54) is 6.07 Å². The molecule has 0 saturated carbocycles. The molecule has 1 rings (SSSR count). The fourth-order valence-electron chi connectivity index (χ4n) is 1.29. The molecule has 0 spiro atoms. The SMILES string of the molecule is O=C(O)Cc1cc(B(O)O)ccc1C(=O)O. The lowest BCUT2D eigenvalue weighted by Gasteiger charge is -2.06. The summed E-state index contributed by atoms with van der Waals surface area (Å²) < 4.78 is 0. The van der Waals surface area contributed by atoms with E-state index in [0.29, 0.717) is 0 Å². The van der Waals surface area contributed by atoms with Gasteiger partial charge in [-0.3, -0.25) is 4.79 Å². The van der Waals surface area contributed by atoms with Crippen LogP contribution in [-0.4, -0.2) is 39.3 Å². The molecule has 0 heterocycles. The van der Waals surface area contributed by atoms with E-state index in [9.17, 15) is 9.59 Å². The second-order valence-corrected chi connectivity index (χ2v) is 3.17. The Labute approximate surface area is 90.9 Å². The molecule has 6 nitrogen and oxygen atoms in total. The number of aromatic carboxylic acids is 1. The van der Waals surface area contributed by atoms with Crippen molar-refractivity contribution in [2.24, 2.45) is 0 Å². The highest BCUT2D eigenvalue weighted by Crippen LogP contribution is 2.08. The lowest BCUT2D eigenvalue weighted by atomic mass is 9.78. The zero-order chi connectivity index (χ0) is 12.3. The van der Waals surface area contributed by atoms with E-state index in [4.69, 9.17) is 20.3 Å². The summed E-state index contributed by atoms with van der Waals surface area (Å²) in [4.78, 5) is 21.3. The molecule has 0 unspecified atom stereocenters. The van der Waals surface area contributed by atoms with Gasteiger partial charge in [0.05, 0.1) is 12.0 Å². The molecular weight excluding hydrogens is 215 g/mol. The minimum Gasteiger partial charge on any atom is -0.481 e. The summed E-state index contributed by atoms with van der Waals surface area (Å²) >= 11 is 0. The van der Waals surface area contributed by atoms with E-state index < -0.39 is 25.5 Å². The smallest absolute Gasteiger partial charge is 0.481 e. The van der Waals surface area contributed by atoms with Crippen LogP contribution < -0.4 is 5.46 Å². The summed E-state index contributed by atoms with van der Waals surface area (Å²) in [5, 5.41) is 35.1. The van der Waals surface area contributed by atoms with Gasteiger partial charge < -0.3 is 20.3 Å². The molecule has 0 radical (unpaired) electrons. The van der Waals surface area contributed by atoms with Crippen molar-refractivity contribution >= 4 is 24.5 Å². The average molecular weight is 224 g/mol. The number of benzene rings is 1. The van der Waals surface area contributed by atoms with Gasteiger partial charge in [-0.05, 0) is 17.1 Å². The second kappa shape index (κ2) is 4.78. The first-order chi connectivity index (χ1) is 7.41. The number of hydrogen-bond acceptors (Lipinski definition) is 4. The third-order valence-corrected chi connectivity index (χ3v) is 2.00. The van der Waals surface area contributed by atoms with Crippen LogP contribution in [0.15, 0.2) is 18.2 Å². The van der Waals surface area contributed by atoms with Crippen molar-refractivity contribution in [1.82, 2.24) is 0 Å². The third kappa shape index (κ3) is 2.82. The van der Waals surface area contributed by atoms with Crippen molar-refractivity contribution in [1.29, 1.82) is 0 Å². The van der Waals surface area contributed by atoms with Crippen molar-refractivity contribution < 1.29 is 29.9 Å². The topological polar surface area (TPSA) is 115 Å². The van der Waals surface area contributed by atoms with Crippen LogP contribution >= 0.6 is 0 Å². The normalized spacial score (nSPS) is 9.88. The van der Waals surface area contributed by atoms with Crippen molar-refractivity contribution in [2.75, 3.05) is 0 Å². The Kier molecular flexibility index (Phi) is 3.65. The van der Waals surface area contributed by atoms with Gasteiger partial charge in [-0.15, -0.1) is 0 Å². The molecule has 0 saturated heterocycles. The van der Waals surface area contributed by atoms with Crippen LogP contribution in [0.5, 0.6) is 0 Å². The molecule has 0 atom stereocenters. The second-order valence-electron chi connectivity index (χ2n) is 3.17. The number of rotatable bonds is 4. The highest BCUT2D eigenvalue weighted by atomic mass is 16.4. The van der Waals surface area contributed by atoms with E-state index in [-0.39, 0.29) is 16.6 Å². The molecule has 1 aromatic rings. The number of hydrogen-bond donors (Lipinski definition) is 4. The van der Waals surface area contributed by atoms with Gasteiger partial charge >= 0.3 is 19.1 Å². The van der Waals surface area contributed by atoms with Crippen LogP contribution in [0.25, 0.3) is 0 Å². The van der Waals surface area contributed by atoms with E-state index in [2.05, 4.69) is 0 Å². The van der Waals surface area contributed by atoms with Crippen LogP contribution in [0.3, 0.4) is 0 Å². The maximum atomic E-state index is 10.8. The Hall–Kier alpha value is -1.86. The monoisotopic (exact) mass is 224 g/mol. The Morgan fingerprint density at radius 3 is 2.25 bits per heavy atom. The molecule has 0 bridgehead atoms. The maximum Gasteiger partial charge on any atom is 0.488 e. The number of carbonyl (C=O) groups is 2. The van der Waals surface area contributed by atoms with Crippen LogP contribution in [0.4, 0.5) is 0 Å². The van der Waals surface area contributed by atoms with Crippen LogP contribution in [0.2, 0.25) is 0 Å². The van der Waals surface area contributed by atoms with Crippen LogP contribution in [-0.2, 0) is 11.2 Å². The van der Waals surface area contributed by atoms with E-state index >= 15 is 0 Å². The zero-order valence-electron chi connectivity index (χ0n) is 8.12. The highest BCUT2D eigenvalue weighted by molar-refractivity contribution is 6.58. The van der Waals surface area contributed by atoms with Crippen molar-refractivity contribution in [2.45, 2.75) is 6.42 Å². The summed E-state index contributed by atoms with van der Waals surface area (Å²) in [6.07, 6.45) is -0.484. The van der Waals surface area contributed by atoms with E-state index in [1.807, 2.05) is 0 Å². The Balaban J connectivity index is 3.20. The Bertz CT molecular complexity index is 428. The molecule has 0 aliphatic heterocycles. The van der Waals surface area contributed by atoms with Crippen molar-refractivity contribution in [3.63, 3.8) is 0 Å². The summed E-state index contributed by atoms with van der Waals surface area (Å²) in [7, 11) is -1.75. The maximum absolute atomic E-state index is 10.8. The predicted octanol–water partition coefficient (Wildman–Crippen LogP) is -1.31. The van der Waals surface area contributed by atoms with Gasteiger partial charge in [-0.1, -0.05) is 12.1 Å².